The van der Waals surface area contributed by atoms with Crippen molar-refractivity contribution in [1.82, 2.24) is 24.6 Å². The molecule has 0 bridgehead atoms. The number of benzene rings is 1. The number of rotatable bonds is 4. The molecule has 1 fully saturated rings. The predicted octanol–water partition coefficient (Wildman–Crippen LogP) is 4.15. The van der Waals surface area contributed by atoms with Crippen molar-refractivity contribution < 1.29 is 9.18 Å². The van der Waals surface area contributed by atoms with E-state index in [2.05, 4.69) is 55.3 Å². The van der Waals surface area contributed by atoms with Gasteiger partial charge in [0, 0.05) is 29.5 Å². The monoisotopic (exact) mass is 430 g/mol. The van der Waals surface area contributed by atoms with E-state index in [9.17, 15) is 9.18 Å². The molecule has 1 aromatic carbocycles. The SMILES string of the molecule is CN1CCC(n2cc(-c3ccc4cnc(NC(=O)c5cncc(F)c5)cc4c3)cn2)CC1. The minimum absolute atomic E-state index is 0.141. The molecule has 1 N–H and O–H groups in total. The lowest BCUT2D eigenvalue weighted by Gasteiger charge is -2.28. The van der Waals surface area contributed by atoms with Gasteiger partial charge < -0.3 is 10.2 Å². The Kier molecular flexibility index (Phi) is 5.36. The molecule has 1 aliphatic rings. The Morgan fingerprint density at radius 2 is 1.88 bits per heavy atom. The number of piperidine rings is 1. The number of fused-ring (bicyclic) bond motifs is 1. The highest BCUT2D eigenvalue weighted by Gasteiger charge is 2.19. The van der Waals surface area contributed by atoms with Crippen LogP contribution in [-0.4, -0.2) is 50.7 Å². The van der Waals surface area contributed by atoms with E-state index >= 15 is 0 Å². The number of halogens is 1. The Morgan fingerprint density at radius 3 is 2.69 bits per heavy atom. The highest BCUT2D eigenvalue weighted by molar-refractivity contribution is 6.04. The summed E-state index contributed by atoms with van der Waals surface area (Å²) in [6.45, 7) is 2.17. The lowest BCUT2D eigenvalue weighted by atomic mass is 10.0. The lowest BCUT2D eigenvalue weighted by molar-refractivity contribution is 0.102. The molecule has 4 aromatic rings. The van der Waals surface area contributed by atoms with Crippen molar-refractivity contribution in [1.29, 1.82) is 0 Å². The Morgan fingerprint density at radius 1 is 1.03 bits per heavy atom. The third-order valence-corrected chi connectivity index (χ3v) is 5.93. The predicted molar refractivity (Wildman–Crippen MR) is 121 cm³/mol. The number of nitrogens with one attached hydrogen (secondary N) is 1. The van der Waals surface area contributed by atoms with E-state index in [1.807, 2.05) is 18.3 Å². The van der Waals surface area contributed by atoms with Gasteiger partial charge in [0.15, 0.2) is 0 Å². The summed E-state index contributed by atoms with van der Waals surface area (Å²) in [5.74, 6) is -0.625. The van der Waals surface area contributed by atoms with Crippen molar-refractivity contribution in [3.8, 4) is 11.1 Å². The molecule has 5 rings (SSSR count). The first-order chi connectivity index (χ1) is 15.5. The molecule has 1 amide bonds. The number of aromatic nitrogens is 4. The second kappa shape index (κ2) is 8.47. The van der Waals surface area contributed by atoms with Gasteiger partial charge >= 0.3 is 0 Å². The topological polar surface area (TPSA) is 75.9 Å². The fraction of sp³-hybridized carbons (Fsp3) is 0.250. The average molecular weight is 430 g/mol. The van der Waals surface area contributed by atoms with Gasteiger partial charge in [-0.05, 0) is 62.1 Å². The van der Waals surface area contributed by atoms with Crippen molar-refractivity contribution in [3.63, 3.8) is 0 Å². The zero-order chi connectivity index (χ0) is 22.1. The first kappa shape index (κ1) is 20.3. The molecule has 4 heterocycles. The van der Waals surface area contributed by atoms with E-state index in [1.54, 1.807) is 6.20 Å². The van der Waals surface area contributed by atoms with E-state index < -0.39 is 11.7 Å². The van der Waals surface area contributed by atoms with E-state index in [4.69, 9.17) is 0 Å². The van der Waals surface area contributed by atoms with Crippen LogP contribution in [0.25, 0.3) is 21.9 Å². The molecule has 1 aliphatic heterocycles. The number of carbonyl (C=O) groups is 1. The molecule has 7 nitrogen and oxygen atoms in total. The van der Waals surface area contributed by atoms with Gasteiger partial charge in [0.2, 0.25) is 0 Å². The normalized spacial score (nSPS) is 15.2. The van der Waals surface area contributed by atoms with Gasteiger partial charge in [-0.1, -0.05) is 12.1 Å². The molecule has 162 valence electrons. The summed E-state index contributed by atoms with van der Waals surface area (Å²) < 4.78 is 15.4. The fourth-order valence-electron chi connectivity index (χ4n) is 4.06. The van der Waals surface area contributed by atoms with Crippen molar-refractivity contribution in [2.75, 3.05) is 25.5 Å². The molecule has 0 radical (unpaired) electrons. The van der Waals surface area contributed by atoms with Crippen molar-refractivity contribution in [2.24, 2.45) is 0 Å². The number of anilines is 1. The number of pyridine rings is 2. The van der Waals surface area contributed by atoms with E-state index in [-0.39, 0.29) is 5.56 Å². The number of amides is 1. The molecule has 1 saturated heterocycles. The van der Waals surface area contributed by atoms with Crippen LogP contribution in [0, 0.1) is 5.82 Å². The van der Waals surface area contributed by atoms with Crippen LogP contribution >= 0.6 is 0 Å². The number of hydrogen-bond donors (Lipinski definition) is 1. The first-order valence-corrected chi connectivity index (χ1v) is 10.6. The highest BCUT2D eigenvalue weighted by Crippen LogP contribution is 2.28. The molecule has 0 saturated carbocycles. The van der Waals surface area contributed by atoms with Gasteiger partial charge in [0.25, 0.3) is 5.91 Å². The highest BCUT2D eigenvalue weighted by atomic mass is 19.1. The maximum Gasteiger partial charge on any atom is 0.258 e. The third kappa shape index (κ3) is 4.22. The standard InChI is InChI=1S/C24H23FN6O/c1-30-6-4-22(5-7-30)31-15-20(13-28-31)16-2-3-17-12-27-23(10-18(17)8-16)29-24(32)19-9-21(25)14-26-11-19/h2-3,8-15,22H,4-7H2,1H3,(H,27,29,32). The van der Waals surface area contributed by atoms with Gasteiger partial charge in [-0.3, -0.25) is 14.5 Å². The second-order valence-corrected chi connectivity index (χ2v) is 8.22. The smallest absolute Gasteiger partial charge is 0.258 e. The molecule has 8 heteroatoms. The van der Waals surface area contributed by atoms with E-state index in [0.717, 1.165) is 60.1 Å². The van der Waals surface area contributed by atoms with E-state index in [1.165, 1.54) is 6.20 Å². The maximum atomic E-state index is 13.4. The second-order valence-electron chi connectivity index (χ2n) is 8.22. The van der Waals surface area contributed by atoms with Gasteiger partial charge in [-0.25, -0.2) is 9.37 Å². The molecule has 3 aromatic heterocycles. The maximum absolute atomic E-state index is 13.4. The number of likely N-dealkylation sites (tertiary alicyclic amines) is 1. The molecular formula is C24H23FN6O. The Bertz CT molecular complexity index is 1280. The summed E-state index contributed by atoms with van der Waals surface area (Å²) in [6, 6.07) is 9.51. The van der Waals surface area contributed by atoms with Crippen LogP contribution in [0.15, 0.2) is 61.3 Å². The third-order valence-electron chi connectivity index (χ3n) is 5.93. The van der Waals surface area contributed by atoms with Gasteiger partial charge in [-0.15, -0.1) is 0 Å². The Balaban J connectivity index is 1.37. The molecule has 0 unspecified atom stereocenters. The summed E-state index contributed by atoms with van der Waals surface area (Å²) in [7, 11) is 2.15. The van der Waals surface area contributed by atoms with Crippen molar-refractivity contribution >= 4 is 22.5 Å². The van der Waals surface area contributed by atoms with Gasteiger partial charge in [-0.2, -0.15) is 5.10 Å². The van der Waals surface area contributed by atoms with Crippen LogP contribution < -0.4 is 5.32 Å². The first-order valence-electron chi connectivity index (χ1n) is 10.6. The van der Waals surface area contributed by atoms with Crippen LogP contribution in [0.1, 0.15) is 29.2 Å². The molecule has 0 spiro atoms. The van der Waals surface area contributed by atoms with Gasteiger partial charge in [0.1, 0.15) is 11.6 Å². The molecule has 0 aliphatic carbocycles. The number of hydrogen-bond acceptors (Lipinski definition) is 5. The van der Waals surface area contributed by atoms with Gasteiger partial charge in [0.05, 0.1) is 24.0 Å². The Labute approximate surface area is 184 Å². The zero-order valence-corrected chi connectivity index (χ0v) is 17.7. The summed E-state index contributed by atoms with van der Waals surface area (Å²) in [4.78, 5) is 22.8. The molecule has 0 atom stereocenters. The average Bonchev–Trinajstić information content (AvgIpc) is 3.29. The van der Waals surface area contributed by atoms with Crippen LogP contribution in [0.4, 0.5) is 10.2 Å². The summed E-state index contributed by atoms with van der Waals surface area (Å²) >= 11 is 0. The summed E-state index contributed by atoms with van der Waals surface area (Å²) in [5.41, 5.74) is 2.25. The van der Waals surface area contributed by atoms with Crippen LogP contribution in [0.3, 0.4) is 0 Å². The minimum Gasteiger partial charge on any atom is -0.306 e. The molecule has 32 heavy (non-hydrogen) atoms. The lowest BCUT2D eigenvalue weighted by Crippen LogP contribution is -2.31. The zero-order valence-electron chi connectivity index (χ0n) is 17.7. The van der Waals surface area contributed by atoms with Crippen molar-refractivity contribution in [3.05, 3.63) is 72.7 Å². The van der Waals surface area contributed by atoms with Crippen molar-refractivity contribution in [2.45, 2.75) is 18.9 Å². The Hall–Kier alpha value is -3.65. The number of nitrogens with zero attached hydrogens (tertiary/aromatic N) is 5. The largest absolute Gasteiger partial charge is 0.306 e. The quantitative estimate of drug-likeness (QED) is 0.526. The minimum atomic E-state index is -0.561. The summed E-state index contributed by atoms with van der Waals surface area (Å²) in [6.07, 6.45) is 10.3. The van der Waals surface area contributed by atoms with E-state index in [0.29, 0.717) is 11.9 Å². The van der Waals surface area contributed by atoms with Crippen LogP contribution in [-0.2, 0) is 0 Å². The number of carbonyl (C=O) groups excluding carboxylic acids is 1. The van der Waals surface area contributed by atoms with Crippen LogP contribution in [0.2, 0.25) is 0 Å². The fourth-order valence-corrected chi connectivity index (χ4v) is 4.06. The van der Waals surface area contributed by atoms with Crippen LogP contribution in [0.5, 0.6) is 0 Å². The molecular weight excluding hydrogens is 407 g/mol. The summed E-state index contributed by atoms with van der Waals surface area (Å²) in [5, 5.41) is 9.22.